The fourth-order valence-corrected chi connectivity index (χ4v) is 2.43. The summed E-state index contributed by atoms with van der Waals surface area (Å²) >= 11 is 1.44. The van der Waals surface area contributed by atoms with E-state index in [9.17, 15) is 13.2 Å². The number of hydrogen-bond acceptors (Lipinski definition) is 6. The average molecular weight is 317 g/mol. The molecule has 0 amide bonds. The van der Waals surface area contributed by atoms with Crippen molar-refractivity contribution in [2.24, 2.45) is 0 Å². The van der Waals surface area contributed by atoms with E-state index in [4.69, 9.17) is 0 Å². The summed E-state index contributed by atoms with van der Waals surface area (Å²) in [6.45, 7) is 3.67. The monoisotopic (exact) mass is 317 g/mol. The quantitative estimate of drug-likeness (QED) is 0.904. The first-order valence-corrected chi connectivity index (χ1v) is 7.00. The van der Waals surface area contributed by atoms with Crippen molar-refractivity contribution >= 4 is 23.0 Å². The summed E-state index contributed by atoms with van der Waals surface area (Å²) in [7, 11) is 1.50. The number of nitrogens with zero attached hydrogens (tertiary/aromatic N) is 3. The van der Waals surface area contributed by atoms with Crippen molar-refractivity contribution < 1.29 is 13.2 Å². The molecule has 2 rings (SSSR count). The molecule has 1 atom stereocenters. The van der Waals surface area contributed by atoms with Gasteiger partial charge in [-0.05, 0) is 13.8 Å². The molecule has 5 nitrogen and oxygen atoms in total. The van der Waals surface area contributed by atoms with E-state index in [-0.39, 0.29) is 17.7 Å². The van der Waals surface area contributed by atoms with Gasteiger partial charge in [0.15, 0.2) is 0 Å². The SMILES string of the molecule is CNc1cc(NC(C)c2nc(C)cs2)nc(C(F)(F)F)n1. The standard InChI is InChI=1S/C12H14F3N5S/c1-6-5-21-10(17-6)7(2)18-9-4-8(16-3)19-11(20-9)12(13,14)15/h4-5,7H,1-3H3,(H2,16,18,19,20). The van der Waals surface area contributed by atoms with E-state index < -0.39 is 12.0 Å². The molecule has 21 heavy (non-hydrogen) atoms. The van der Waals surface area contributed by atoms with Gasteiger partial charge in [0, 0.05) is 24.2 Å². The minimum absolute atomic E-state index is 0.0991. The van der Waals surface area contributed by atoms with E-state index in [0.29, 0.717) is 0 Å². The lowest BCUT2D eigenvalue weighted by molar-refractivity contribution is -0.144. The highest BCUT2D eigenvalue weighted by molar-refractivity contribution is 7.09. The highest BCUT2D eigenvalue weighted by Gasteiger charge is 2.35. The average Bonchev–Trinajstić information content (AvgIpc) is 2.84. The van der Waals surface area contributed by atoms with E-state index in [1.165, 1.54) is 24.5 Å². The number of alkyl halides is 3. The summed E-state index contributed by atoms with van der Waals surface area (Å²) in [6.07, 6.45) is -4.59. The van der Waals surface area contributed by atoms with E-state index in [2.05, 4.69) is 25.6 Å². The first kappa shape index (κ1) is 15.5. The molecule has 0 aliphatic rings. The van der Waals surface area contributed by atoms with Crippen molar-refractivity contribution in [3.8, 4) is 0 Å². The van der Waals surface area contributed by atoms with Crippen LogP contribution in [0.3, 0.4) is 0 Å². The Bertz CT molecular complexity index is 626. The Kier molecular flexibility index (Phi) is 4.31. The van der Waals surface area contributed by atoms with Crippen LogP contribution in [0, 0.1) is 6.92 Å². The fourth-order valence-electron chi connectivity index (χ4n) is 1.63. The molecule has 0 aromatic carbocycles. The van der Waals surface area contributed by atoms with Gasteiger partial charge in [0.05, 0.1) is 6.04 Å². The van der Waals surface area contributed by atoms with Crippen LogP contribution >= 0.6 is 11.3 Å². The van der Waals surface area contributed by atoms with Crippen LogP contribution in [0.25, 0.3) is 0 Å². The summed E-state index contributed by atoms with van der Waals surface area (Å²) in [4.78, 5) is 11.2. The number of anilines is 2. The molecular weight excluding hydrogens is 303 g/mol. The molecule has 0 bridgehead atoms. The Labute approximate surface area is 123 Å². The molecule has 1 unspecified atom stereocenters. The van der Waals surface area contributed by atoms with Crippen LogP contribution in [0.1, 0.15) is 29.5 Å². The number of hydrogen-bond donors (Lipinski definition) is 2. The molecule has 114 valence electrons. The molecule has 0 fully saturated rings. The van der Waals surface area contributed by atoms with Crippen molar-refractivity contribution in [1.82, 2.24) is 15.0 Å². The molecule has 2 aromatic rings. The van der Waals surface area contributed by atoms with Crippen molar-refractivity contribution in [2.75, 3.05) is 17.7 Å². The second-order valence-corrected chi connectivity index (χ2v) is 5.29. The van der Waals surface area contributed by atoms with Crippen LogP contribution in [0.5, 0.6) is 0 Å². The molecule has 0 saturated carbocycles. The molecule has 0 aliphatic carbocycles. The minimum Gasteiger partial charge on any atom is -0.373 e. The van der Waals surface area contributed by atoms with E-state index in [1.807, 2.05) is 19.2 Å². The van der Waals surface area contributed by atoms with Gasteiger partial charge in [0.25, 0.3) is 0 Å². The van der Waals surface area contributed by atoms with Gasteiger partial charge < -0.3 is 10.6 Å². The van der Waals surface area contributed by atoms with Gasteiger partial charge in [0.2, 0.25) is 5.82 Å². The number of nitrogens with one attached hydrogen (secondary N) is 2. The van der Waals surface area contributed by atoms with Crippen LogP contribution in [0.2, 0.25) is 0 Å². The van der Waals surface area contributed by atoms with E-state index in [1.54, 1.807) is 0 Å². The third-order valence-corrected chi connectivity index (χ3v) is 3.75. The van der Waals surface area contributed by atoms with Crippen LogP contribution in [0.4, 0.5) is 24.8 Å². The smallest absolute Gasteiger partial charge is 0.373 e. The highest BCUT2D eigenvalue weighted by Crippen LogP contribution is 2.29. The second kappa shape index (κ2) is 5.84. The summed E-state index contributed by atoms with van der Waals surface area (Å²) in [5.41, 5.74) is 0.873. The topological polar surface area (TPSA) is 62.7 Å². The summed E-state index contributed by atoms with van der Waals surface area (Å²) in [6, 6.07) is 1.18. The van der Waals surface area contributed by atoms with Crippen molar-refractivity contribution in [3.05, 3.63) is 28.0 Å². The van der Waals surface area contributed by atoms with Gasteiger partial charge in [-0.2, -0.15) is 13.2 Å². The molecule has 0 saturated heterocycles. The van der Waals surface area contributed by atoms with Gasteiger partial charge in [0.1, 0.15) is 16.6 Å². The Hall–Kier alpha value is -1.90. The third kappa shape index (κ3) is 3.81. The molecule has 2 heterocycles. The van der Waals surface area contributed by atoms with Gasteiger partial charge in [-0.3, -0.25) is 0 Å². The summed E-state index contributed by atoms with van der Waals surface area (Å²) < 4.78 is 38.3. The molecule has 0 aliphatic heterocycles. The van der Waals surface area contributed by atoms with Crippen molar-refractivity contribution in [2.45, 2.75) is 26.1 Å². The third-order valence-electron chi connectivity index (χ3n) is 2.61. The molecule has 0 radical (unpaired) electrons. The predicted octanol–water partition coefficient (Wildman–Crippen LogP) is 3.48. The first-order valence-electron chi connectivity index (χ1n) is 6.12. The Balaban J connectivity index is 2.27. The van der Waals surface area contributed by atoms with Crippen LogP contribution in [0.15, 0.2) is 11.4 Å². The predicted molar refractivity (Wildman–Crippen MR) is 75.5 cm³/mol. The lowest BCUT2D eigenvalue weighted by Crippen LogP contribution is -2.15. The van der Waals surface area contributed by atoms with Gasteiger partial charge >= 0.3 is 6.18 Å². The maximum Gasteiger partial charge on any atom is 0.451 e. The molecular formula is C12H14F3N5S. The number of thiazole rings is 1. The Morgan fingerprint density at radius 2 is 1.86 bits per heavy atom. The maximum absolute atomic E-state index is 12.8. The first-order chi connectivity index (χ1) is 9.79. The van der Waals surface area contributed by atoms with Gasteiger partial charge in [-0.25, -0.2) is 15.0 Å². The highest BCUT2D eigenvalue weighted by atomic mass is 32.1. The lowest BCUT2D eigenvalue weighted by atomic mass is 10.3. The van der Waals surface area contributed by atoms with Crippen molar-refractivity contribution in [3.63, 3.8) is 0 Å². The largest absolute Gasteiger partial charge is 0.451 e. The number of rotatable bonds is 4. The lowest BCUT2D eigenvalue weighted by Gasteiger charge is -2.14. The number of aryl methyl sites for hydroxylation is 1. The zero-order valence-electron chi connectivity index (χ0n) is 11.6. The molecule has 2 aromatic heterocycles. The van der Waals surface area contributed by atoms with Gasteiger partial charge in [-0.15, -0.1) is 11.3 Å². The van der Waals surface area contributed by atoms with E-state index >= 15 is 0 Å². The maximum atomic E-state index is 12.8. The minimum atomic E-state index is -4.59. The summed E-state index contributed by atoms with van der Waals surface area (Å²) in [5.74, 6) is -0.983. The van der Waals surface area contributed by atoms with Crippen LogP contribution in [-0.2, 0) is 6.18 Å². The fraction of sp³-hybridized carbons (Fsp3) is 0.417. The zero-order chi connectivity index (χ0) is 15.6. The summed E-state index contributed by atoms with van der Waals surface area (Å²) in [5, 5.41) is 8.17. The number of halogens is 3. The second-order valence-electron chi connectivity index (χ2n) is 4.40. The number of aromatic nitrogens is 3. The van der Waals surface area contributed by atoms with Gasteiger partial charge in [-0.1, -0.05) is 0 Å². The zero-order valence-corrected chi connectivity index (χ0v) is 12.4. The molecule has 9 heteroatoms. The van der Waals surface area contributed by atoms with Crippen LogP contribution in [-0.4, -0.2) is 22.0 Å². The normalized spacial score (nSPS) is 13.0. The Morgan fingerprint density at radius 1 is 1.19 bits per heavy atom. The van der Waals surface area contributed by atoms with Crippen molar-refractivity contribution in [1.29, 1.82) is 0 Å². The molecule has 2 N–H and O–H groups in total. The van der Waals surface area contributed by atoms with E-state index in [0.717, 1.165) is 10.7 Å². The molecule has 0 spiro atoms. The van der Waals surface area contributed by atoms with Crippen LogP contribution < -0.4 is 10.6 Å². The Morgan fingerprint density at radius 3 is 2.38 bits per heavy atom.